The number of aldehydes is 1. The van der Waals surface area contributed by atoms with Crippen molar-refractivity contribution in [2.24, 2.45) is 0 Å². The van der Waals surface area contributed by atoms with E-state index >= 15 is 0 Å². The van der Waals surface area contributed by atoms with Gasteiger partial charge >= 0.3 is 0 Å². The first-order valence-electron chi connectivity index (χ1n) is 6.28. The van der Waals surface area contributed by atoms with E-state index in [2.05, 4.69) is 0 Å². The van der Waals surface area contributed by atoms with Gasteiger partial charge < -0.3 is 4.18 Å². The van der Waals surface area contributed by atoms with Crippen LogP contribution in [-0.4, -0.2) is 16.1 Å². The van der Waals surface area contributed by atoms with Crippen LogP contribution in [0.5, 0.6) is 0 Å². The summed E-state index contributed by atoms with van der Waals surface area (Å²) in [6.07, 6.45) is 0.692. The van der Waals surface area contributed by atoms with Gasteiger partial charge in [-0.25, -0.2) is 0 Å². The van der Waals surface area contributed by atoms with Gasteiger partial charge in [0.15, 0.2) is 0 Å². The fourth-order valence-electron chi connectivity index (χ4n) is 1.77. The van der Waals surface area contributed by atoms with Crippen LogP contribution in [0.2, 0.25) is 0 Å². The Morgan fingerprint density at radius 1 is 1.09 bits per heavy atom. The predicted molar refractivity (Wildman–Crippen MR) is 82.2 cm³/mol. The number of benzene rings is 2. The minimum Gasteiger partial charge on any atom is -0.305 e. The van der Waals surface area contributed by atoms with Gasteiger partial charge in [0, 0.05) is 23.7 Å². The first kappa shape index (κ1) is 16.6. The molecule has 0 aliphatic heterocycles. The number of nitro groups is 2. The summed E-state index contributed by atoms with van der Waals surface area (Å²) in [6.45, 7) is 0.0632. The summed E-state index contributed by atoms with van der Waals surface area (Å²) in [5.41, 5.74) is 0.325. The van der Waals surface area contributed by atoms with Crippen LogP contribution >= 0.6 is 12.0 Å². The summed E-state index contributed by atoms with van der Waals surface area (Å²) in [7, 11) is 0. The molecule has 0 fully saturated rings. The number of nitrogens with zero attached hydrogens (tertiary/aromatic N) is 2. The molecule has 0 unspecified atom stereocenters. The maximum atomic E-state index is 11.0. The lowest BCUT2D eigenvalue weighted by molar-refractivity contribution is -0.396. The number of carbonyl (C=O) groups excluding carboxylic acids is 1. The fourth-order valence-corrected chi connectivity index (χ4v) is 2.42. The summed E-state index contributed by atoms with van der Waals surface area (Å²) >= 11 is 0.730. The Labute approximate surface area is 134 Å². The van der Waals surface area contributed by atoms with E-state index in [0.29, 0.717) is 17.4 Å². The van der Waals surface area contributed by atoms with E-state index in [1.807, 2.05) is 0 Å². The number of hydrogen-bond donors (Lipinski definition) is 0. The monoisotopic (exact) mass is 334 g/mol. The summed E-state index contributed by atoms with van der Waals surface area (Å²) in [4.78, 5) is 31.3. The highest BCUT2D eigenvalue weighted by Crippen LogP contribution is 2.33. The first-order chi connectivity index (χ1) is 11.0. The molecular formula is C14H10N2O6S. The van der Waals surface area contributed by atoms with Gasteiger partial charge in [-0.1, -0.05) is 24.3 Å². The lowest BCUT2D eigenvalue weighted by Gasteiger charge is -2.05. The molecule has 0 spiro atoms. The van der Waals surface area contributed by atoms with Crippen molar-refractivity contribution in [3.8, 4) is 0 Å². The van der Waals surface area contributed by atoms with Gasteiger partial charge in [-0.05, 0) is 11.6 Å². The van der Waals surface area contributed by atoms with Crippen molar-refractivity contribution in [2.75, 3.05) is 0 Å². The van der Waals surface area contributed by atoms with E-state index in [-0.39, 0.29) is 17.2 Å². The molecule has 2 rings (SSSR count). The molecule has 9 heteroatoms. The van der Waals surface area contributed by atoms with E-state index < -0.39 is 15.5 Å². The second kappa shape index (κ2) is 7.47. The van der Waals surface area contributed by atoms with E-state index in [1.54, 1.807) is 24.3 Å². The van der Waals surface area contributed by atoms with Gasteiger partial charge in [0.2, 0.25) is 0 Å². The highest BCUT2D eigenvalue weighted by atomic mass is 32.2. The molecule has 0 amide bonds. The highest BCUT2D eigenvalue weighted by molar-refractivity contribution is 7.94. The standard InChI is InChI=1S/C14H10N2O6S/c17-8-10-3-1-2-4-11(10)9-22-23-14-6-5-12(15(18)19)7-13(14)16(20)21/h1-8H,9H2. The van der Waals surface area contributed by atoms with Crippen LogP contribution in [0.3, 0.4) is 0 Å². The maximum Gasteiger partial charge on any atom is 0.292 e. The Balaban J connectivity index is 2.12. The average Bonchev–Trinajstić information content (AvgIpc) is 2.55. The second-order valence-corrected chi connectivity index (χ2v) is 5.17. The number of carbonyl (C=O) groups is 1. The summed E-state index contributed by atoms with van der Waals surface area (Å²) in [6, 6.07) is 10.1. The third kappa shape index (κ3) is 4.11. The van der Waals surface area contributed by atoms with Crippen LogP contribution in [-0.2, 0) is 10.8 Å². The molecule has 0 bridgehead atoms. The van der Waals surface area contributed by atoms with Crippen molar-refractivity contribution in [2.45, 2.75) is 11.5 Å². The Morgan fingerprint density at radius 3 is 2.48 bits per heavy atom. The van der Waals surface area contributed by atoms with Crippen molar-refractivity contribution in [3.05, 3.63) is 73.8 Å². The molecule has 0 saturated heterocycles. The molecule has 0 atom stereocenters. The second-order valence-electron chi connectivity index (χ2n) is 4.33. The highest BCUT2D eigenvalue weighted by Gasteiger charge is 2.20. The van der Waals surface area contributed by atoms with Gasteiger partial charge in [-0.3, -0.25) is 25.0 Å². The summed E-state index contributed by atoms with van der Waals surface area (Å²) < 4.78 is 5.32. The van der Waals surface area contributed by atoms with Gasteiger partial charge in [-0.2, -0.15) is 0 Å². The zero-order chi connectivity index (χ0) is 16.8. The molecule has 0 aliphatic carbocycles. The predicted octanol–water partition coefficient (Wildman–Crippen LogP) is 3.54. The molecule has 0 saturated carbocycles. The molecular weight excluding hydrogens is 324 g/mol. The molecule has 23 heavy (non-hydrogen) atoms. The Hall–Kier alpha value is -2.78. The molecule has 0 aromatic heterocycles. The third-order valence-corrected chi connectivity index (χ3v) is 3.66. The number of non-ortho nitro benzene ring substituents is 1. The minimum absolute atomic E-state index is 0.0632. The van der Waals surface area contributed by atoms with Crippen molar-refractivity contribution >= 4 is 29.7 Å². The summed E-state index contributed by atoms with van der Waals surface area (Å²) in [5.74, 6) is 0. The van der Waals surface area contributed by atoms with Crippen molar-refractivity contribution in [1.82, 2.24) is 0 Å². The topological polar surface area (TPSA) is 113 Å². The Bertz CT molecular complexity index is 765. The van der Waals surface area contributed by atoms with Gasteiger partial charge in [0.1, 0.15) is 11.2 Å². The Morgan fingerprint density at radius 2 is 1.83 bits per heavy atom. The molecule has 0 radical (unpaired) electrons. The quantitative estimate of drug-likeness (QED) is 0.329. The van der Waals surface area contributed by atoms with E-state index in [9.17, 15) is 25.0 Å². The van der Waals surface area contributed by atoms with Crippen LogP contribution in [0.4, 0.5) is 11.4 Å². The van der Waals surface area contributed by atoms with Crippen LogP contribution in [0.25, 0.3) is 0 Å². The zero-order valence-electron chi connectivity index (χ0n) is 11.6. The van der Waals surface area contributed by atoms with E-state index in [1.165, 1.54) is 6.07 Å². The van der Waals surface area contributed by atoms with E-state index in [0.717, 1.165) is 24.2 Å². The minimum atomic E-state index is -0.710. The van der Waals surface area contributed by atoms with Gasteiger partial charge in [-0.15, -0.1) is 0 Å². The maximum absolute atomic E-state index is 11.0. The Kier molecular flexibility index (Phi) is 5.39. The van der Waals surface area contributed by atoms with Gasteiger partial charge in [0.05, 0.1) is 22.5 Å². The third-order valence-electron chi connectivity index (χ3n) is 2.90. The molecule has 2 aromatic rings. The van der Waals surface area contributed by atoms with Crippen LogP contribution in [0.15, 0.2) is 47.4 Å². The number of rotatable bonds is 7. The van der Waals surface area contributed by atoms with Crippen molar-refractivity contribution in [3.63, 3.8) is 0 Å². The number of hydrogen-bond acceptors (Lipinski definition) is 7. The lowest BCUT2D eigenvalue weighted by Crippen LogP contribution is -1.96. The number of nitro benzene ring substituents is 2. The molecule has 2 aromatic carbocycles. The molecule has 0 heterocycles. The first-order valence-corrected chi connectivity index (χ1v) is 7.02. The zero-order valence-corrected chi connectivity index (χ0v) is 12.4. The SMILES string of the molecule is O=Cc1ccccc1COSc1ccc([N+](=O)[O-])cc1[N+](=O)[O-]. The largest absolute Gasteiger partial charge is 0.305 e. The van der Waals surface area contributed by atoms with Gasteiger partial charge in [0.25, 0.3) is 11.4 Å². The molecule has 8 nitrogen and oxygen atoms in total. The average molecular weight is 334 g/mol. The van der Waals surface area contributed by atoms with Crippen LogP contribution in [0, 0.1) is 20.2 Å². The smallest absolute Gasteiger partial charge is 0.292 e. The van der Waals surface area contributed by atoms with Crippen molar-refractivity contribution < 1.29 is 18.8 Å². The fraction of sp³-hybridized carbons (Fsp3) is 0.0714. The van der Waals surface area contributed by atoms with Crippen LogP contribution in [0.1, 0.15) is 15.9 Å². The molecule has 118 valence electrons. The van der Waals surface area contributed by atoms with Crippen LogP contribution < -0.4 is 0 Å². The normalized spacial score (nSPS) is 10.3. The van der Waals surface area contributed by atoms with Crippen molar-refractivity contribution in [1.29, 1.82) is 0 Å². The lowest BCUT2D eigenvalue weighted by atomic mass is 10.1. The summed E-state index contributed by atoms with van der Waals surface area (Å²) in [5, 5.41) is 21.7. The molecule has 0 N–H and O–H groups in total. The van der Waals surface area contributed by atoms with E-state index in [4.69, 9.17) is 4.18 Å². The molecule has 0 aliphatic rings.